The molecule has 1 unspecified atom stereocenters. The molecule has 0 radical (unpaired) electrons. The number of hydrogen-bond acceptors (Lipinski definition) is 7. The first-order valence-corrected chi connectivity index (χ1v) is 13.8. The van der Waals surface area contributed by atoms with Gasteiger partial charge in [-0.2, -0.15) is 4.31 Å². The molecular weight excluding hydrogens is 578 g/mol. The summed E-state index contributed by atoms with van der Waals surface area (Å²) in [5.74, 6) is -0.450. The van der Waals surface area contributed by atoms with E-state index in [9.17, 15) is 22.8 Å². The lowest BCUT2D eigenvalue weighted by Crippen LogP contribution is -2.45. The lowest BCUT2D eigenvalue weighted by molar-refractivity contribution is -0.122. The van der Waals surface area contributed by atoms with E-state index < -0.39 is 27.9 Å². The Kier molecular flexibility index (Phi) is 6.95. The van der Waals surface area contributed by atoms with Crippen molar-refractivity contribution in [1.82, 2.24) is 4.31 Å². The molecule has 0 aromatic heterocycles. The molecule has 1 N–H and O–H groups in total. The number of sulfonamides is 1. The molecule has 1 saturated heterocycles. The fraction of sp³-hybridized carbons (Fsp3) is 0.192. The van der Waals surface area contributed by atoms with Crippen molar-refractivity contribution in [3.63, 3.8) is 0 Å². The van der Waals surface area contributed by atoms with Crippen LogP contribution in [-0.4, -0.2) is 43.3 Å². The molecule has 38 heavy (non-hydrogen) atoms. The molecule has 10 nitrogen and oxygen atoms in total. The molecule has 2 aliphatic rings. The number of ether oxygens (including phenoxy) is 2. The van der Waals surface area contributed by atoms with Gasteiger partial charge in [0.1, 0.15) is 6.04 Å². The molecule has 2 heterocycles. The van der Waals surface area contributed by atoms with Crippen LogP contribution in [0.15, 0.2) is 76.1 Å². The number of nitrogens with zero attached hydrogens (tertiary/aromatic N) is 2. The molecule has 0 aliphatic carbocycles. The zero-order chi connectivity index (χ0) is 27.0. The Morgan fingerprint density at radius 1 is 1.03 bits per heavy atom. The standard InChI is InChI=1S/C26H22BrN3O7S/c1-16(31)28-19-5-9-21(10-6-19)38(34,35)29(14-17-2-11-23-24(12-17)37-15-36-23)22-13-25(32)30(26(22)33)20-7-3-18(27)4-8-20/h2-12,22H,13-15H2,1H3,(H,28,31). The summed E-state index contributed by atoms with van der Waals surface area (Å²) in [6.07, 6.45) is -0.317. The predicted molar refractivity (Wildman–Crippen MR) is 141 cm³/mol. The van der Waals surface area contributed by atoms with Gasteiger partial charge in [-0.1, -0.05) is 22.0 Å². The highest BCUT2D eigenvalue weighted by Crippen LogP contribution is 2.35. The van der Waals surface area contributed by atoms with Crippen molar-refractivity contribution in [1.29, 1.82) is 0 Å². The van der Waals surface area contributed by atoms with Crippen molar-refractivity contribution in [2.24, 2.45) is 0 Å². The molecule has 196 valence electrons. The summed E-state index contributed by atoms with van der Waals surface area (Å²) in [5.41, 5.74) is 1.33. The van der Waals surface area contributed by atoms with E-state index >= 15 is 0 Å². The number of nitrogens with one attached hydrogen (secondary N) is 1. The van der Waals surface area contributed by atoms with Gasteiger partial charge in [-0.3, -0.25) is 14.4 Å². The van der Waals surface area contributed by atoms with Crippen LogP contribution in [0.3, 0.4) is 0 Å². The molecule has 1 atom stereocenters. The van der Waals surface area contributed by atoms with E-state index in [1.165, 1.54) is 31.2 Å². The maximum atomic E-state index is 13.9. The third-order valence-electron chi connectivity index (χ3n) is 6.11. The number of carbonyl (C=O) groups is 3. The van der Waals surface area contributed by atoms with Gasteiger partial charge >= 0.3 is 0 Å². The molecule has 12 heteroatoms. The van der Waals surface area contributed by atoms with Crippen molar-refractivity contribution >= 4 is 55.0 Å². The number of anilines is 2. The van der Waals surface area contributed by atoms with E-state index in [1.807, 2.05) is 0 Å². The number of benzene rings is 3. The van der Waals surface area contributed by atoms with Gasteiger partial charge in [0, 0.05) is 23.6 Å². The normalized spacial score (nSPS) is 16.8. The number of imide groups is 1. The molecule has 0 spiro atoms. The van der Waals surface area contributed by atoms with Crippen LogP contribution in [0.5, 0.6) is 11.5 Å². The lowest BCUT2D eigenvalue weighted by atomic mass is 10.1. The van der Waals surface area contributed by atoms with Gasteiger partial charge < -0.3 is 14.8 Å². The second kappa shape index (κ2) is 10.2. The van der Waals surface area contributed by atoms with E-state index in [1.54, 1.807) is 42.5 Å². The van der Waals surface area contributed by atoms with Crippen molar-refractivity contribution in [2.45, 2.75) is 30.8 Å². The highest BCUT2D eigenvalue weighted by Gasteiger charge is 2.47. The van der Waals surface area contributed by atoms with Crippen molar-refractivity contribution < 1.29 is 32.3 Å². The quantitative estimate of drug-likeness (QED) is 0.411. The van der Waals surface area contributed by atoms with Crippen LogP contribution < -0.4 is 19.7 Å². The Hall–Kier alpha value is -3.74. The van der Waals surface area contributed by atoms with Gasteiger partial charge in [0.25, 0.3) is 5.91 Å². The third kappa shape index (κ3) is 5.02. The van der Waals surface area contributed by atoms with Crippen LogP contribution in [0.1, 0.15) is 18.9 Å². The van der Waals surface area contributed by atoms with Crippen LogP contribution in [0.2, 0.25) is 0 Å². The van der Waals surface area contributed by atoms with Gasteiger partial charge in [0.05, 0.1) is 17.0 Å². The maximum Gasteiger partial charge on any atom is 0.252 e. The summed E-state index contributed by atoms with van der Waals surface area (Å²) in [7, 11) is -4.27. The summed E-state index contributed by atoms with van der Waals surface area (Å²) in [4.78, 5) is 38.9. The second-order valence-electron chi connectivity index (χ2n) is 8.71. The number of amides is 3. The van der Waals surface area contributed by atoms with E-state index in [0.29, 0.717) is 28.4 Å². The highest BCUT2D eigenvalue weighted by molar-refractivity contribution is 9.10. The Labute approximate surface area is 227 Å². The van der Waals surface area contributed by atoms with Crippen LogP contribution in [0.4, 0.5) is 11.4 Å². The van der Waals surface area contributed by atoms with Crippen molar-refractivity contribution in [3.8, 4) is 11.5 Å². The number of hydrogen-bond donors (Lipinski definition) is 1. The molecule has 1 fully saturated rings. The van der Waals surface area contributed by atoms with Crippen molar-refractivity contribution in [3.05, 3.63) is 76.8 Å². The molecular formula is C26H22BrN3O7S. The van der Waals surface area contributed by atoms with E-state index in [-0.39, 0.29) is 30.6 Å². The molecule has 3 amide bonds. The van der Waals surface area contributed by atoms with E-state index in [4.69, 9.17) is 9.47 Å². The first kappa shape index (κ1) is 25.9. The van der Waals surface area contributed by atoms with Crippen LogP contribution in [-0.2, 0) is 31.0 Å². The fourth-order valence-corrected chi connectivity index (χ4v) is 6.17. The molecule has 0 bridgehead atoms. The molecule has 2 aliphatic heterocycles. The first-order chi connectivity index (χ1) is 18.1. The molecule has 3 aromatic carbocycles. The first-order valence-electron chi connectivity index (χ1n) is 11.5. The van der Waals surface area contributed by atoms with Crippen LogP contribution in [0.25, 0.3) is 0 Å². The summed E-state index contributed by atoms with van der Waals surface area (Å²) >= 11 is 3.33. The number of carbonyl (C=O) groups excluding carboxylic acids is 3. The van der Waals surface area contributed by atoms with Crippen LogP contribution >= 0.6 is 15.9 Å². The minimum atomic E-state index is -4.27. The third-order valence-corrected chi connectivity index (χ3v) is 8.51. The zero-order valence-electron chi connectivity index (χ0n) is 20.1. The smallest absolute Gasteiger partial charge is 0.252 e. The Morgan fingerprint density at radius 3 is 2.39 bits per heavy atom. The highest BCUT2D eigenvalue weighted by atomic mass is 79.9. The summed E-state index contributed by atoms with van der Waals surface area (Å²) in [6, 6.07) is 16.0. The zero-order valence-corrected chi connectivity index (χ0v) is 22.5. The van der Waals surface area contributed by atoms with Gasteiger partial charge in [0.15, 0.2) is 11.5 Å². The predicted octanol–water partition coefficient (Wildman–Crippen LogP) is 3.66. The number of halogens is 1. The Balaban J connectivity index is 1.52. The summed E-state index contributed by atoms with van der Waals surface area (Å²) in [5, 5.41) is 2.59. The van der Waals surface area contributed by atoms with Crippen molar-refractivity contribution in [2.75, 3.05) is 17.0 Å². The SMILES string of the molecule is CC(=O)Nc1ccc(S(=O)(=O)N(Cc2ccc3c(c2)OCO3)C2CC(=O)N(c3ccc(Br)cc3)C2=O)cc1. The topological polar surface area (TPSA) is 122 Å². The molecule has 0 saturated carbocycles. The van der Waals surface area contributed by atoms with Gasteiger partial charge in [-0.05, 0) is 66.2 Å². The maximum absolute atomic E-state index is 13.9. The summed E-state index contributed by atoms with van der Waals surface area (Å²) < 4.78 is 40.4. The fourth-order valence-electron chi connectivity index (χ4n) is 4.33. The monoisotopic (exact) mass is 599 g/mol. The average Bonchev–Trinajstić information content (AvgIpc) is 3.46. The minimum Gasteiger partial charge on any atom is -0.454 e. The number of rotatable bonds is 7. The second-order valence-corrected chi connectivity index (χ2v) is 11.5. The van der Waals surface area contributed by atoms with Crippen LogP contribution in [0, 0.1) is 0 Å². The Bertz CT molecular complexity index is 1530. The lowest BCUT2D eigenvalue weighted by Gasteiger charge is -2.27. The number of fused-ring (bicyclic) bond motifs is 1. The minimum absolute atomic E-state index is 0.0548. The molecule has 5 rings (SSSR count). The van der Waals surface area contributed by atoms with Gasteiger partial charge in [0.2, 0.25) is 28.6 Å². The van der Waals surface area contributed by atoms with Gasteiger partial charge in [-0.15, -0.1) is 0 Å². The molecule has 3 aromatic rings. The van der Waals surface area contributed by atoms with E-state index in [2.05, 4.69) is 21.2 Å². The summed E-state index contributed by atoms with van der Waals surface area (Å²) in [6.45, 7) is 1.21. The average molecular weight is 600 g/mol. The Morgan fingerprint density at radius 2 is 1.71 bits per heavy atom. The van der Waals surface area contributed by atoms with Gasteiger partial charge in [-0.25, -0.2) is 13.3 Å². The largest absolute Gasteiger partial charge is 0.454 e. The van der Waals surface area contributed by atoms with E-state index in [0.717, 1.165) is 13.7 Å².